The summed E-state index contributed by atoms with van der Waals surface area (Å²) in [5, 5.41) is 12.7. The molecule has 7 heteroatoms. The monoisotopic (exact) mass is 340 g/mol. The van der Waals surface area contributed by atoms with E-state index in [1.54, 1.807) is 36.4 Å². The average molecular weight is 340 g/mol. The van der Waals surface area contributed by atoms with Crippen LogP contribution in [0.4, 0.5) is 16.2 Å². The number of esters is 1. The summed E-state index contributed by atoms with van der Waals surface area (Å²) in [6, 6.07) is 13.5. The zero-order valence-corrected chi connectivity index (χ0v) is 13.8. The molecule has 0 fully saturated rings. The Bertz CT molecular complexity index is 755. The predicted molar refractivity (Wildman–Crippen MR) is 96.9 cm³/mol. The van der Waals surface area contributed by atoms with Gasteiger partial charge in [0.2, 0.25) is 0 Å². The van der Waals surface area contributed by atoms with Gasteiger partial charge in [0.25, 0.3) is 0 Å². The molecule has 25 heavy (non-hydrogen) atoms. The van der Waals surface area contributed by atoms with Crippen molar-refractivity contribution in [1.29, 1.82) is 5.41 Å². The topological polar surface area (TPSA) is 117 Å². The van der Waals surface area contributed by atoms with Gasteiger partial charge in [0, 0.05) is 23.4 Å². The molecule has 0 unspecified atom stereocenters. The molecule has 0 radical (unpaired) electrons. The number of methoxy groups -OCH3 is 1. The Balaban J connectivity index is 1.87. The number of carbonyl (C=O) groups is 2. The number of ether oxygens (including phenoxy) is 1. The van der Waals surface area contributed by atoms with Crippen molar-refractivity contribution >= 4 is 29.2 Å². The smallest absolute Gasteiger partial charge is 0.323 e. The van der Waals surface area contributed by atoms with Crippen molar-refractivity contribution in [2.75, 3.05) is 17.7 Å². The third kappa shape index (κ3) is 5.65. The molecule has 5 N–H and O–H groups in total. The number of amidine groups is 1. The molecule has 0 spiro atoms. The van der Waals surface area contributed by atoms with Gasteiger partial charge in [0.05, 0.1) is 7.11 Å². The lowest BCUT2D eigenvalue weighted by Gasteiger charge is -2.09. The fourth-order valence-electron chi connectivity index (χ4n) is 2.13. The van der Waals surface area contributed by atoms with Crippen LogP contribution in [0.3, 0.4) is 0 Å². The van der Waals surface area contributed by atoms with Crippen LogP contribution in [0, 0.1) is 5.41 Å². The summed E-state index contributed by atoms with van der Waals surface area (Å²) in [6.07, 6.45) is 0.904. The lowest BCUT2D eigenvalue weighted by Crippen LogP contribution is -2.19. The van der Waals surface area contributed by atoms with Gasteiger partial charge in [-0.3, -0.25) is 10.2 Å². The van der Waals surface area contributed by atoms with Crippen LogP contribution in [0.2, 0.25) is 0 Å². The van der Waals surface area contributed by atoms with Gasteiger partial charge in [-0.1, -0.05) is 12.1 Å². The van der Waals surface area contributed by atoms with E-state index in [4.69, 9.17) is 11.1 Å². The maximum absolute atomic E-state index is 12.0. The highest BCUT2D eigenvalue weighted by Crippen LogP contribution is 2.13. The van der Waals surface area contributed by atoms with Crippen molar-refractivity contribution in [2.45, 2.75) is 12.8 Å². The standard InChI is InChI=1S/C18H20N4O3/c1-25-16(23)11-4-12-2-7-14(8-3-12)21-18(24)22-15-9-5-13(6-10-15)17(19)20/h2-3,5-10H,4,11H2,1H3,(H3,19,20)(H2,21,22,24). The molecular weight excluding hydrogens is 320 g/mol. The summed E-state index contributed by atoms with van der Waals surface area (Å²) in [5.41, 5.74) is 8.19. The molecule has 0 aliphatic carbocycles. The predicted octanol–water partition coefficient (Wildman–Crippen LogP) is 2.72. The number of nitrogen functional groups attached to an aromatic ring is 1. The molecule has 0 aliphatic rings. The molecule has 2 aromatic rings. The number of hydrogen-bond donors (Lipinski definition) is 4. The second-order valence-corrected chi connectivity index (χ2v) is 5.34. The van der Waals surface area contributed by atoms with Crippen LogP contribution >= 0.6 is 0 Å². The zero-order valence-electron chi connectivity index (χ0n) is 13.8. The summed E-state index contributed by atoms with van der Waals surface area (Å²) < 4.78 is 4.60. The van der Waals surface area contributed by atoms with Gasteiger partial charge in [0.1, 0.15) is 5.84 Å². The van der Waals surface area contributed by atoms with E-state index >= 15 is 0 Å². The summed E-state index contributed by atoms with van der Waals surface area (Å²) >= 11 is 0. The average Bonchev–Trinajstić information content (AvgIpc) is 2.61. The highest BCUT2D eigenvalue weighted by Gasteiger charge is 2.05. The van der Waals surface area contributed by atoms with Crippen molar-refractivity contribution in [3.8, 4) is 0 Å². The van der Waals surface area contributed by atoms with Gasteiger partial charge in [-0.2, -0.15) is 0 Å². The molecule has 2 amide bonds. The minimum atomic E-state index is -0.377. The zero-order chi connectivity index (χ0) is 18.2. The lowest BCUT2D eigenvalue weighted by atomic mass is 10.1. The molecule has 0 bridgehead atoms. The highest BCUT2D eigenvalue weighted by molar-refractivity contribution is 6.00. The number of amides is 2. The van der Waals surface area contributed by atoms with Crippen LogP contribution < -0.4 is 16.4 Å². The summed E-state index contributed by atoms with van der Waals surface area (Å²) in [4.78, 5) is 23.1. The van der Waals surface area contributed by atoms with E-state index in [2.05, 4.69) is 15.4 Å². The number of rotatable bonds is 6. The van der Waals surface area contributed by atoms with E-state index in [1.807, 2.05) is 12.1 Å². The van der Waals surface area contributed by atoms with E-state index in [0.717, 1.165) is 5.56 Å². The quantitative estimate of drug-likeness (QED) is 0.367. The molecule has 7 nitrogen and oxygen atoms in total. The molecule has 2 aromatic carbocycles. The van der Waals surface area contributed by atoms with Crippen molar-refractivity contribution in [2.24, 2.45) is 5.73 Å². The fourth-order valence-corrected chi connectivity index (χ4v) is 2.13. The fraction of sp³-hybridized carbons (Fsp3) is 0.167. The molecule has 0 aromatic heterocycles. The Labute approximate surface area is 145 Å². The van der Waals surface area contributed by atoms with Crippen molar-refractivity contribution in [1.82, 2.24) is 0 Å². The normalized spacial score (nSPS) is 9.96. The summed E-state index contributed by atoms with van der Waals surface area (Å²) in [5.74, 6) is -0.277. The third-order valence-corrected chi connectivity index (χ3v) is 3.51. The van der Waals surface area contributed by atoms with Crippen LogP contribution in [0.5, 0.6) is 0 Å². The number of benzene rings is 2. The van der Waals surface area contributed by atoms with E-state index in [-0.39, 0.29) is 17.8 Å². The van der Waals surface area contributed by atoms with E-state index in [9.17, 15) is 9.59 Å². The summed E-state index contributed by atoms with van der Waals surface area (Å²) in [6.45, 7) is 0. The van der Waals surface area contributed by atoms with Crippen LogP contribution in [0.1, 0.15) is 17.5 Å². The SMILES string of the molecule is COC(=O)CCc1ccc(NC(=O)Nc2ccc(C(=N)N)cc2)cc1. The molecule has 0 heterocycles. The molecule has 0 aliphatic heterocycles. The van der Waals surface area contributed by atoms with Crippen LogP contribution in [0.15, 0.2) is 48.5 Å². The molecule has 2 rings (SSSR count). The van der Waals surface area contributed by atoms with Crippen molar-refractivity contribution in [3.05, 3.63) is 59.7 Å². The van der Waals surface area contributed by atoms with E-state index in [0.29, 0.717) is 29.8 Å². The number of aryl methyl sites for hydroxylation is 1. The Kier molecular flexibility index (Phi) is 6.11. The van der Waals surface area contributed by atoms with E-state index < -0.39 is 0 Å². The maximum atomic E-state index is 12.0. The van der Waals surface area contributed by atoms with Gasteiger partial charge in [0.15, 0.2) is 0 Å². The Morgan fingerprint density at radius 1 is 1.00 bits per heavy atom. The first-order valence-electron chi connectivity index (χ1n) is 7.66. The van der Waals surface area contributed by atoms with E-state index in [1.165, 1.54) is 7.11 Å². The lowest BCUT2D eigenvalue weighted by molar-refractivity contribution is -0.140. The Morgan fingerprint density at radius 3 is 2.00 bits per heavy atom. The molecule has 0 saturated heterocycles. The number of urea groups is 1. The third-order valence-electron chi connectivity index (χ3n) is 3.51. The maximum Gasteiger partial charge on any atom is 0.323 e. The van der Waals surface area contributed by atoms with Crippen LogP contribution in [0.25, 0.3) is 0 Å². The number of anilines is 2. The van der Waals surface area contributed by atoms with Gasteiger partial charge >= 0.3 is 12.0 Å². The van der Waals surface area contributed by atoms with Gasteiger partial charge < -0.3 is 21.1 Å². The molecule has 0 atom stereocenters. The second kappa shape index (κ2) is 8.49. The van der Waals surface area contributed by atoms with Crippen molar-refractivity contribution in [3.63, 3.8) is 0 Å². The Hall–Kier alpha value is -3.35. The minimum Gasteiger partial charge on any atom is -0.469 e. The number of nitrogens with one attached hydrogen (secondary N) is 3. The first-order valence-corrected chi connectivity index (χ1v) is 7.66. The second-order valence-electron chi connectivity index (χ2n) is 5.34. The first-order chi connectivity index (χ1) is 12.0. The Morgan fingerprint density at radius 2 is 1.52 bits per heavy atom. The van der Waals surface area contributed by atoms with Gasteiger partial charge in [-0.15, -0.1) is 0 Å². The molecular formula is C18H20N4O3. The number of nitrogens with two attached hydrogens (primary N) is 1. The largest absolute Gasteiger partial charge is 0.469 e. The molecule has 0 saturated carbocycles. The minimum absolute atomic E-state index is 0.0247. The number of carbonyl (C=O) groups excluding carboxylic acids is 2. The molecule has 130 valence electrons. The summed E-state index contributed by atoms with van der Waals surface area (Å²) in [7, 11) is 1.36. The number of hydrogen-bond acceptors (Lipinski definition) is 4. The van der Waals surface area contributed by atoms with Crippen molar-refractivity contribution < 1.29 is 14.3 Å². The van der Waals surface area contributed by atoms with Crippen LogP contribution in [-0.2, 0) is 16.0 Å². The van der Waals surface area contributed by atoms with Gasteiger partial charge in [-0.05, 0) is 48.4 Å². The van der Waals surface area contributed by atoms with Crippen LogP contribution in [-0.4, -0.2) is 24.9 Å². The van der Waals surface area contributed by atoms with Gasteiger partial charge in [-0.25, -0.2) is 4.79 Å². The first kappa shape index (κ1) is 18.0. The highest BCUT2D eigenvalue weighted by atomic mass is 16.5.